The fraction of sp³-hybridized carbons (Fsp3) is 0.158. The molecule has 0 N–H and O–H groups in total. The van der Waals surface area contributed by atoms with E-state index in [1.807, 2.05) is 19.1 Å². The van der Waals surface area contributed by atoms with Crippen LogP contribution < -0.4 is 4.90 Å². The van der Waals surface area contributed by atoms with Crippen molar-refractivity contribution in [1.29, 1.82) is 0 Å². The third kappa shape index (κ3) is 7.38. The van der Waals surface area contributed by atoms with Gasteiger partial charge in [-0.25, -0.2) is 4.39 Å². The van der Waals surface area contributed by atoms with E-state index in [4.69, 9.17) is 8.75 Å². The Balaban J connectivity index is 1.06. The van der Waals surface area contributed by atoms with Gasteiger partial charge in [0.05, 0.1) is 28.4 Å². The molecule has 10 rings (SSSR count). The normalized spacial score (nSPS) is 12.1. The van der Waals surface area contributed by atoms with Crippen LogP contribution in [0.15, 0.2) is 170 Å². The molecule has 0 aliphatic heterocycles. The Morgan fingerprint density at radius 3 is 1.57 bits per heavy atom. The fourth-order valence-electron chi connectivity index (χ4n) is 8.89. The van der Waals surface area contributed by atoms with Crippen LogP contribution in [0.4, 0.5) is 21.5 Å². The van der Waals surface area contributed by atoms with Crippen molar-refractivity contribution >= 4 is 61.6 Å². The number of benzene rings is 8. The van der Waals surface area contributed by atoms with Crippen LogP contribution in [0.2, 0.25) is 0 Å². The van der Waals surface area contributed by atoms with Crippen LogP contribution in [0.5, 0.6) is 0 Å². The number of anilines is 3. The highest BCUT2D eigenvalue weighted by Crippen LogP contribution is 2.43. The van der Waals surface area contributed by atoms with E-state index >= 15 is 0 Å². The first-order valence-electron chi connectivity index (χ1n) is 21.6. The summed E-state index contributed by atoms with van der Waals surface area (Å²) in [4.78, 5) is 2.26. The Kier molecular flexibility index (Phi) is 9.87. The number of hydrogen-bond donors (Lipinski definition) is 0. The lowest BCUT2D eigenvalue weighted by molar-refractivity contribution is 0.590. The summed E-state index contributed by atoms with van der Waals surface area (Å²) in [5, 5.41) is 2.55. The highest BCUT2D eigenvalue weighted by molar-refractivity contribution is 7.00. The number of nitrogens with zero attached hydrogens (tertiary/aromatic N) is 4. The first-order chi connectivity index (χ1) is 30.3. The molecule has 4 nitrogen and oxygen atoms in total. The van der Waals surface area contributed by atoms with E-state index in [9.17, 15) is 4.39 Å². The Bertz CT molecular complexity index is 3220. The summed E-state index contributed by atoms with van der Waals surface area (Å²) in [6.45, 7) is 15.6. The number of aryl methyl sites for hydroxylation is 1. The molecule has 8 aromatic carbocycles. The van der Waals surface area contributed by atoms with Crippen molar-refractivity contribution in [3.63, 3.8) is 0 Å². The Labute approximate surface area is 373 Å². The zero-order valence-corrected chi connectivity index (χ0v) is 37.6. The Hall–Kier alpha value is -6.89. The first kappa shape index (κ1) is 40.2. The highest BCUT2D eigenvalue weighted by Gasteiger charge is 2.23. The van der Waals surface area contributed by atoms with E-state index in [-0.39, 0.29) is 16.6 Å². The average molecular weight is 841 g/mol. The maximum Gasteiger partial charge on any atom is 0.129 e. The van der Waals surface area contributed by atoms with Crippen LogP contribution in [0.1, 0.15) is 58.2 Å². The number of halogens is 1. The molecule has 2 aromatic heterocycles. The van der Waals surface area contributed by atoms with Crippen molar-refractivity contribution in [3.8, 4) is 39.1 Å². The number of fused-ring (bicyclic) bond motifs is 4. The second-order valence-corrected chi connectivity index (χ2v) is 19.2. The summed E-state index contributed by atoms with van der Waals surface area (Å²) in [5.74, 6) is -0.231. The van der Waals surface area contributed by atoms with Crippen LogP contribution >= 0.6 is 11.7 Å². The standard InChI is InChI=1S/C57H49FN4S/c1-36-33-43(58)21-28-47(36)39-15-24-45(25-16-39)61(44-22-13-38(14-23-44)37-11-9-8-10-12-37)53-32-29-48(54-55(53)60-63-59-54)40-17-26-46(27-18-40)62-51-30-19-41(56(2,3)4)34-49(51)50-35-42(57(5,6)7)20-31-52(50)62/h8-35H,1-7H3. The maximum atomic E-state index is 14.0. The first-order valence-corrected chi connectivity index (χ1v) is 22.3. The minimum absolute atomic E-state index is 0.0381. The van der Waals surface area contributed by atoms with E-state index in [1.54, 1.807) is 6.07 Å². The molecule has 2 heterocycles. The Morgan fingerprint density at radius 1 is 0.492 bits per heavy atom. The van der Waals surface area contributed by atoms with E-state index < -0.39 is 0 Å². The van der Waals surface area contributed by atoms with Gasteiger partial charge in [0.15, 0.2) is 0 Å². The Morgan fingerprint density at radius 2 is 1.00 bits per heavy atom. The summed E-state index contributed by atoms with van der Waals surface area (Å²) < 4.78 is 26.3. The van der Waals surface area contributed by atoms with Crippen molar-refractivity contribution in [2.45, 2.75) is 59.3 Å². The SMILES string of the molecule is Cc1cc(F)ccc1-c1ccc(N(c2ccc(-c3ccccc3)cc2)c2ccc(-c3ccc(-n4c5ccc(C(C)(C)C)cc5c5cc(C(C)(C)C)ccc54)cc3)c3nsnc23)cc1. The van der Waals surface area contributed by atoms with E-state index in [0.29, 0.717) is 0 Å². The van der Waals surface area contributed by atoms with Crippen molar-refractivity contribution < 1.29 is 4.39 Å². The molecule has 310 valence electrons. The third-order valence-corrected chi connectivity index (χ3v) is 13.0. The molecule has 0 saturated carbocycles. The van der Waals surface area contributed by atoms with Gasteiger partial charge in [0.2, 0.25) is 0 Å². The van der Waals surface area contributed by atoms with Crippen molar-refractivity contribution in [2.75, 3.05) is 4.90 Å². The summed E-state index contributed by atoms with van der Waals surface area (Å²) >= 11 is 1.23. The van der Waals surface area contributed by atoms with Gasteiger partial charge in [0, 0.05) is 33.4 Å². The molecular formula is C57H49FN4S. The largest absolute Gasteiger partial charge is 0.309 e. The molecule has 10 aromatic rings. The number of aromatic nitrogens is 3. The molecule has 0 radical (unpaired) electrons. The van der Waals surface area contributed by atoms with Gasteiger partial charge < -0.3 is 9.47 Å². The molecule has 0 aliphatic carbocycles. The van der Waals surface area contributed by atoms with Gasteiger partial charge in [0.25, 0.3) is 0 Å². The second-order valence-electron chi connectivity index (χ2n) is 18.7. The van der Waals surface area contributed by atoms with Gasteiger partial charge in [-0.3, -0.25) is 0 Å². The van der Waals surface area contributed by atoms with E-state index in [0.717, 1.165) is 67.2 Å². The van der Waals surface area contributed by atoms with Gasteiger partial charge >= 0.3 is 0 Å². The summed E-state index contributed by atoms with van der Waals surface area (Å²) in [6, 6.07) is 59.7. The van der Waals surface area contributed by atoms with Crippen LogP contribution in [-0.2, 0) is 10.8 Å². The van der Waals surface area contributed by atoms with E-state index in [1.165, 1.54) is 56.3 Å². The summed E-state index contributed by atoms with van der Waals surface area (Å²) in [6.07, 6.45) is 0. The predicted molar refractivity (Wildman–Crippen MR) is 265 cm³/mol. The minimum Gasteiger partial charge on any atom is -0.309 e. The maximum absolute atomic E-state index is 14.0. The van der Waals surface area contributed by atoms with Crippen LogP contribution in [0.3, 0.4) is 0 Å². The molecule has 63 heavy (non-hydrogen) atoms. The number of rotatable bonds is 7. The van der Waals surface area contributed by atoms with Crippen LogP contribution in [-0.4, -0.2) is 13.3 Å². The molecule has 0 spiro atoms. The van der Waals surface area contributed by atoms with Gasteiger partial charge in [-0.1, -0.05) is 126 Å². The molecule has 0 fully saturated rings. The van der Waals surface area contributed by atoms with Gasteiger partial charge in [0.1, 0.15) is 16.9 Å². The smallest absolute Gasteiger partial charge is 0.129 e. The minimum atomic E-state index is -0.231. The lowest BCUT2D eigenvalue weighted by atomic mass is 9.85. The second kappa shape index (κ2) is 15.5. The van der Waals surface area contributed by atoms with E-state index in [2.05, 4.69) is 197 Å². The molecule has 6 heteroatoms. The third-order valence-electron chi connectivity index (χ3n) is 12.4. The van der Waals surface area contributed by atoms with Crippen molar-refractivity contribution in [3.05, 3.63) is 192 Å². The van der Waals surface area contributed by atoms with Crippen molar-refractivity contribution in [1.82, 2.24) is 13.3 Å². The zero-order chi connectivity index (χ0) is 43.6. The van der Waals surface area contributed by atoms with Gasteiger partial charge in [-0.15, -0.1) is 0 Å². The fourth-order valence-corrected chi connectivity index (χ4v) is 9.46. The highest BCUT2D eigenvalue weighted by atomic mass is 32.1. The molecule has 0 aliphatic rings. The molecular weight excluding hydrogens is 792 g/mol. The quantitative estimate of drug-likeness (QED) is 0.160. The molecule has 0 bridgehead atoms. The topological polar surface area (TPSA) is 34.0 Å². The average Bonchev–Trinajstić information content (AvgIpc) is 3.90. The van der Waals surface area contributed by atoms with Crippen LogP contribution in [0.25, 0.3) is 71.9 Å². The van der Waals surface area contributed by atoms with Crippen molar-refractivity contribution in [2.24, 2.45) is 0 Å². The monoisotopic (exact) mass is 840 g/mol. The number of hydrogen-bond acceptors (Lipinski definition) is 4. The summed E-state index contributed by atoms with van der Waals surface area (Å²) in [5.41, 5.74) is 18.2. The molecule has 0 unspecified atom stereocenters. The predicted octanol–water partition coefficient (Wildman–Crippen LogP) is 16.3. The van der Waals surface area contributed by atoms with Gasteiger partial charge in [-0.05, 0) is 147 Å². The lowest BCUT2D eigenvalue weighted by Gasteiger charge is -2.26. The zero-order valence-electron chi connectivity index (χ0n) is 36.7. The lowest BCUT2D eigenvalue weighted by Crippen LogP contribution is -2.10. The molecule has 0 amide bonds. The molecule has 0 atom stereocenters. The summed E-state index contributed by atoms with van der Waals surface area (Å²) in [7, 11) is 0. The molecule has 0 saturated heterocycles. The van der Waals surface area contributed by atoms with Gasteiger partial charge in [-0.2, -0.15) is 8.75 Å². The van der Waals surface area contributed by atoms with Crippen LogP contribution in [0, 0.1) is 12.7 Å².